The molecule has 160 valence electrons. The molecule has 1 aromatic carbocycles. The van der Waals surface area contributed by atoms with Crippen LogP contribution in [0.15, 0.2) is 23.9 Å². The van der Waals surface area contributed by atoms with Gasteiger partial charge in [0, 0.05) is 33.4 Å². The molecular weight excluding hydrogens is 376 g/mol. The van der Waals surface area contributed by atoms with E-state index in [0.717, 1.165) is 0 Å². The van der Waals surface area contributed by atoms with Crippen LogP contribution in [0.2, 0.25) is 0 Å². The first-order valence-electron chi connectivity index (χ1n) is 9.48. The average Bonchev–Trinajstić information content (AvgIpc) is 2.97. The Kier molecular flexibility index (Phi) is 8.04. The Bertz CT molecular complexity index is 766. The summed E-state index contributed by atoms with van der Waals surface area (Å²) in [7, 11) is 6.27. The molecule has 0 N–H and O–H groups in total. The fourth-order valence-corrected chi connectivity index (χ4v) is 3.29. The lowest BCUT2D eigenvalue weighted by atomic mass is 10.0. The molecule has 0 saturated carbocycles. The number of methoxy groups -OCH3 is 4. The van der Waals surface area contributed by atoms with Crippen LogP contribution in [0.5, 0.6) is 11.5 Å². The number of ether oxygens (including phenoxy) is 4. The molecule has 1 heterocycles. The molecule has 0 bridgehead atoms. The second-order valence-electron chi connectivity index (χ2n) is 6.84. The molecule has 0 aromatic heterocycles. The maximum absolute atomic E-state index is 13.3. The molecule has 0 atom stereocenters. The lowest BCUT2D eigenvalue weighted by Gasteiger charge is -2.26. The molecule has 2 amide bonds. The second kappa shape index (κ2) is 10.3. The number of carbonyl (C=O) groups is 2. The second-order valence-corrected chi connectivity index (χ2v) is 6.84. The molecule has 0 fully saturated rings. The average molecular weight is 406 g/mol. The van der Waals surface area contributed by atoms with Gasteiger partial charge in [0.1, 0.15) is 5.70 Å². The van der Waals surface area contributed by atoms with Gasteiger partial charge in [0.05, 0.1) is 33.0 Å². The minimum absolute atomic E-state index is 0.269. The molecular formula is C21H30N2O6. The van der Waals surface area contributed by atoms with E-state index >= 15 is 0 Å². The van der Waals surface area contributed by atoms with Gasteiger partial charge in [-0.2, -0.15) is 0 Å². The van der Waals surface area contributed by atoms with E-state index in [-0.39, 0.29) is 17.9 Å². The molecule has 8 heteroatoms. The van der Waals surface area contributed by atoms with E-state index in [1.165, 1.54) is 12.0 Å². The van der Waals surface area contributed by atoms with Crippen LogP contribution in [0.4, 0.5) is 0 Å². The number of amides is 2. The zero-order valence-electron chi connectivity index (χ0n) is 18.0. The lowest BCUT2D eigenvalue weighted by Crippen LogP contribution is -2.40. The van der Waals surface area contributed by atoms with Crippen molar-refractivity contribution >= 4 is 17.4 Å². The molecule has 0 unspecified atom stereocenters. The van der Waals surface area contributed by atoms with Crippen LogP contribution < -0.4 is 9.47 Å². The number of benzene rings is 1. The highest BCUT2D eigenvalue weighted by molar-refractivity contribution is 6.35. The highest BCUT2D eigenvalue weighted by Crippen LogP contribution is 2.37. The van der Waals surface area contributed by atoms with E-state index in [9.17, 15) is 9.59 Å². The standard InChI is InChI=1S/C21H30N2O6/c1-14(2)23-20(24)18(15-7-8-16(28-5)17(13-15)29-6)19(21(23)25)22(9-11-26-3)10-12-27-4/h7-8,13-14H,9-12H2,1-6H3. The van der Waals surface area contributed by atoms with E-state index in [1.807, 2.05) is 18.7 Å². The van der Waals surface area contributed by atoms with Gasteiger partial charge in [-0.1, -0.05) is 6.07 Å². The van der Waals surface area contributed by atoms with E-state index in [1.54, 1.807) is 39.5 Å². The Labute approximate surface area is 172 Å². The molecule has 1 aliphatic rings. The summed E-state index contributed by atoms with van der Waals surface area (Å²) in [5.41, 5.74) is 1.29. The fourth-order valence-electron chi connectivity index (χ4n) is 3.29. The van der Waals surface area contributed by atoms with Crippen molar-refractivity contribution in [2.45, 2.75) is 19.9 Å². The van der Waals surface area contributed by atoms with Crippen molar-refractivity contribution in [2.24, 2.45) is 0 Å². The summed E-state index contributed by atoms with van der Waals surface area (Å²) in [6.07, 6.45) is 0. The number of hydrogen-bond acceptors (Lipinski definition) is 7. The maximum Gasteiger partial charge on any atom is 0.278 e. The summed E-state index contributed by atoms with van der Waals surface area (Å²) in [6, 6.07) is 4.93. The predicted octanol–water partition coefficient (Wildman–Crippen LogP) is 1.79. The molecule has 2 rings (SSSR count). The summed E-state index contributed by atoms with van der Waals surface area (Å²) < 4.78 is 21.1. The van der Waals surface area contributed by atoms with Gasteiger partial charge in [-0.15, -0.1) is 0 Å². The Morgan fingerprint density at radius 2 is 1.48 bits per heavy atom. The van der Waals surface area contributed by atoms with Crippen molar-refractivity contribution in [3.63, 3.8) is 0 Å². The van der Waals surface area contributed by atoms with Crippen LogP contribution in [0, 0.1) is 0 Å². The Morgan fingerprint density at radius 3 is 1.97 bits per heavy atom. The van der Waals surface area contributed by atoms with E-state index < -0.39 is 0 Å². The minimum atomic E-state index is -0.327. The molecule has 1 aliphatic heterocycles. The van der Waals surface area contributed by atoms with Crippen LogP contribution in [-0.4, -0.2) is 82.4 Å². The first-order chi connectivity index (χ1) is 13.9. The third-order valence-corrected chi connectivity index (χ3v) is 4.73. The maximum atomic E-state index is 13.3. The summed E-state index contributed by atoms with van der Waals surface area (Å²) in [5.74, 6) is 0.390. The monoisotopic (exact) mass is 406 g/mol. The molecule has 0 saturated heterocycles. The molecule has 0 aliphatic carbocycles. The molecule has 1 aromatic rings. The molecule has 8 nitrogen and oxygen atoms in total. The molecule has 0 spiro atoms. The highest BCUT2D eigenvalue weighted by atomic mass is 16.5. The Balaban J connectivity index is 2.63. The van der Waals surface area contributed by atoms with E-state index in [2.05, 4.69) is 0 Å². The lowest BCUT2D eigenvalue weighted by molar-refractivity contribution is -0.139. The number of hydrogen-bond donors (Lipinski definition) is 0. The van der Waals surface area contributed by atoms with Crippen molar-refractivity contribution in [1.29, 1.82) is 0 Å². The third kappa shape index (κ3) is 4.71. The van der Waals surface area contributed by atoms with Gasteiger partial charge < -0.3 is 23.8 Å². The topological polar surface area (TPSA) is 77.5 Å². The number of nitrogens with zero attached hydrogens (tertiary/aromatic N) is 2. The third-order valence-electron chi connectivity index (χ3n) is 4.73. The fraction of sp³-hybridized carbons (Fsp3) is 0.524. The van der Waals surface area contributed by atoms with Crippen LogP contribution in [0.3, 0.4) is 0 Å². The van der Waals surface area contributed by atoms with Crippen LogP contribution in [0.25, 0.3) is 5.57 Å². The van der Waals surface area contributed by atoms with Crippen LogP contribution >= 0.6 is 0 Å². The predicted molar refractivity (Wildman–Crippen MR) is 109 cm³/mol. The largest absolute Gasteiger partial charge is 0.493 e. The number of carbonyl (C=O) groups excluding carboxylic acids is 2. The highest BCUT2D eigenvalue weighted by Gasteiger charge is 2.42. The summed E-state index contributed by atoms with van der Waals surface area (Å²) in [5, 5.41) is 0. The van der Waals surface area contributed by atoms with Crippen molar-refractivity contribution < 1.29 is 28.5 Å². The zero-order valence-corrected chi connectivity index (χ0v) is 18.0. The van der Waals surface area contributed by atoms with Gasteiger partial charge in [0.15, 0.2) is 11.5 Å². The first kappa shape index (κ1) is 22.7. The van der Waals surface area contributed by atoms with Crippen molar-refractivity contribution in [1.82, 2.24) is 9.80 Å². The van der Waals surface area contributed by atoms with Gasteiger partial charge in [0.25, 0.3) is 11.8 Å². The van der Waals surface area contributed by atoms with Crippen LogP contribution in [-0.2, 0) is 19.1 Å². The summed E-state index contributed by atoms with van der Waals surface area (Å²) in [4.78, 5) is 29.6. The van der Waals surface area contributed by atoms with E-state index in [0.29, 0.717) is 54.6 Å². The smallest absolute Gasteiger partial charge is 0.278 e. The van der Waals surface area contributed by atoms with Crippen molar-refractivity contribution in [3.8, 4) is 11.5 Å². The molecule has 0 radical (unpaired) electrons. The van der Waals surface area contributed by atoms with Crippen molar-refractivity contribution in [2.75, 3.05) is 54.7 Å². The van der Waals surface area contributed by atoms with Gasteiger partial charge >= 0.3 is 0 Å². The minimum Gasteiger partial charge on any atom is -0.493 e. The van der Waals surface area contributed by atoms with Gasteiger partial charge in [0.2, 0.25) is 0 Å². The molecule has 29 heavy (non-hydrogen) atoms. The Morgan fingerprint density at radius 1 is 0.897 bits per heavy atom. The zero-order chi connectivity index (χ0) is 21.6. The van der Waals surface area contributed by atoms with Gasteiger partial charge in [-0.25, -0.2) is 0 Å². The van der Waals surface area contributed by atoms with Gasteiger partial charge in [-0.05, 0) is 31.5 Å². The SMILES string of the molecule is COCCN(CCOC)C1=C(c2ccc(OC)c(OC)c2)C(=O)N(C(C)C)C1=O. The van der Waals surface area contributed by atoms with Crippen molar-refractivity contribution in [3.05, 3.63) is 29.5 Å². The number of rotatable bonds is 11. The Hall–Kier alpha value is -2.58. The normalized spacial score (nSPS) is 14.2. The van der Waals surface area contributed by atoms with Crippen LogP contribution in [0.1, 0.15) is 19.4 Å². The van der Waals surface area contributed by atoms with E-state index in [4.69, 9.17) is 18.9 Å². The summed E-state index contributed by atoms with van der Waals surface area (Å²) in [6.45, 7) is 5.37. The quantitative estimate of drug-likeness (QED) is 0.519. The first-order valence-corrected chi connectivity index (χ1v) is 9.48. The summed E-state index contributed by atoms with van der Waals surface area (Å²) >= 11 is 0. The van der Waals surface area contributed by atoms with Gasteiger partial charge in [-0.3, -0.25) is 14.5 Å². The number of imide groups is 1.